The van der Waals surface area contributed by atoms with Crippen LogP contribution in [0.5, 0.6) is 0 Å². The van der Waals surface area contributed by atoms with Gasteiger partial charge >= 0.3 is 0 Å². The number of rotatable bonds is 3. The van der Waals surface area contributed by atoms with Crippen molar-refractivity contribution < 1.29 is 4.39 Å². The molecule has 0 saturated carbocycles. The first-order valence-corrected chi connectivity index (χ1v) is 6.29. The Bertz CT molecular complexity index is 390. The van der Waals surface area contributed by atoms with Gasteiger partial charge in [-0.2, -0.15) is 0 Å². The Morgan fingerprint density at radius 2 is 2.12 bits per heavy atom. The molecule has 1 aromatic rings. The van der Waals surface area contributed by atoms with Gasteiger partial charge in [-0.05, 0) is 60.9 Å². The number of allylic oxidation sites excluding steroid dienone is 2. The second-order valence-electron chi connectivity index (χ2n) is 4.53. The normalized spacial score (nSPS) is 16.0. The van der Waals surface area contributed by atoms with Crippen LogP contribution in [-0.2, 0) is 6.42 Å². The lowest BCUT2D eigenvalue weighted by Crippen LogP contribution is -1.98. The number of hydrogen-bond donors (Lipinski definition) is 0. The summed E-state index contributed by atoms with van der Waals surface area (Å²) in [6, 6.07) is 5.24. The maximum Gasteiger partial charge on any atom is 0.123 e. The second-order valence-corrected chi connectivity index (χ2v) is 4.53. The molecule has 1 heteroatoms. The van der Waals surface area contributed by atoms with E-state index in [-0.39, 0.29) is 5.82 Å². The van der Waals surface area contributed by atoms with Gasteiger partial charge in [-0.15, -0.1) is 0 Å². The molecular formula is C15H19F. The zero-order valence-corrected chi connectivity index (χ0v) is 9.93. The monoisotopic (exact) mass is 218 g/mol. The van der Waals surface area contributed by atoms with Gasteiger partial charge in [-0.25, -0.2) is 4.39 Å². The Labute approximate surface area is 97.2 Å². The summed E-state index contributed by atoms with van der Waals surface area (Å²) in [4.78, 5) is 0. The van der Waals surface area contributed by atoms with Crippen molar-refractivity contribution in [1.82, 2.24) is 0 Å². The van der Waals surface area contributed by atoms with Crippen LogP contribution in [0.3, 0.4) is 0 Å². The van der Waals surface area contributed by atoms with Gasteiger partial charge in [0.15, 0.2) is 0 Å². The quantitative estimate of drug-likeness (QED) is 0.687. The largest absolute Gasteiger partial charge is 0.207 e. The van der Waals surface area contributed by atoms with Crippen LogP contribution in [0.15, 0.2) is 24.3 Å². The molecule has 16 heavy (non-hydrogen) atoms. The minimum Gasteiger partial charge on any atom is -0.207 e. The third-order valence-corrected chi connectivity index (χ3v) is 3.23. The molecule has 0 aliphatic heterocycles. The average molecular weight is 218 g/mol. The van der Waals surface area contributed by atoms with Crippen molar-refractivity contribution in [3.8, 4) is 0 Å². The lowest BCUT2D eigenvalue weighted by Gasteiger charge is -2.16. The topological polar surface area (TPSA) is 0 Å². The van der Waals surface area contributed by atoms with E-state index in [2.05, 4.69) is 13.0 Å². The molecule has 0 heterocycles. The van der Waals surface area contributed by atoms with E-state index in [9.17, 15) is 4.39 Å². The predicted molar refractivity (Wildman–Crippen MR) is 66.8 cm³/mol. The summed E-state index contributed by atoms with van der Waals surface area (Å²) in [5.74, 6) is -0.110. The van der Waals surface area contributed by atoms with Gasteiger partial charge in [0.05, 0.1) is 0 Å². The molecule has 0 fully saturated rings. The van der Waals surface area contributed by atoms with Crippen LogP contribution < -0.4 is 0 Å². The third kappa shape index (κ3) is 2.52. The van der Waals surface area contributed by atoms with Crippen LogP contribution in [0.25, 0.3) is 5.57 Å². The molecule has 1 aliphatic rings. The Balaban J connectivity index is 2.36. The van der Waals surface area contributed by atoms with Gasteiger partial charge in [-0.1, -0.05) is 25.5 Å². The van der Waals surface area contributed by atoms with Crippen LogP contribution in [0.2, 0.25) is 0 Å². The van der Waals surface area contributed by atoms with E-state index in [1.165, 1.54) is 24.0 Å². The smallest absolute Gasteiger partial charge is 0.123 e. The van der Waals surface area contributed by atoms with Gasteiger partial charge in [0.1, 0.15) is 5.82 Å². The van der Waals surface area contributed by atoms with E-state index >= 15 is 0 Å². The lowest BCUT2D eigenvalue weighted by molar-refractivity contribution is 0.625. The fourth-order valence-electron chi connectivity index (χ4n) is 2.42. The van der Waals surface area contributed by atoms with Crippen molar-refractivity contribution in [3.05, 3.63) is 41.2 Å². The summed E-state index contributed by atoms with van der Waals surface area (Å²) in [5.41, 5.74) is 3.81. The zero-order chi connectivity index (χ0) is 11.4. The standard InChI is InChI=1S/C15H19F/c1-2-6-12-9-10-14(16)11-15(12)13-7-4-3-5-8-13/h7,9-11H,2-6,8H2,1H3. The molecule has 0 bridgehead atoms. The van der Waals surface area contributed by atoms with E-state index in [0.29, 0.717) is 0 Å². The van der Waals surface area contributed by atoms with E-state index in [0.717, 1.165) is 31.2 Å². The number of hydrogen-bond acceptors (Lipinski definition) is 0. The Hall–Kier alpha value is -1.11. The first kappa shape index (κ1) is 11.4. The molecule has 0 radical (unpaired) electrons. The highest BCUT2D eigenvalue weighted by molar-refractivity contribution is 5.69. The van der Waals surface area contributed by atoms with E-state index in [4.69, 9.17) is 0 Å². The summed E-state index contributed by atoms with van der Waals surface area (Å²) < 4.78 is 13.3. The highest BCUT2D eigenvalue weighted by Crippen LogP contribution is 2.30. The summed E-state index contributed by atoms with van der Waals surface area (Å²) >= 11 is 0. The summed E-state index contributed by atoms with van der Waals surface area (Å²) in [6.45, 7) is 2.17. The minimum absolute atomic E-state index is 0.110. The van der Waals surface area contributed by atoms with Gasteiger partial charge < -0.3 is 0 Å². The molecule has 86 valence electrons. The fourth-order valence-corrected chi connectivity index (χ4v) is 2.42. The minimum atomic E-state index is -0.110. The Morgan fingerprint density at radius 3 is 2.81 bits per heavy atom. The molecule has 1 aliphatic carbocycles. The van der Waals surface area contributed by atoms with Crippen LogP contribution in [0.4, 0.5) is 4.39 Å². The van der Waals surface area contributed by atoms with Crippen molar-refractivity contribution in [2.24, 2.45) is 0 Å². The summed E-state index contributed by atoms with van der Waals surface area (Å²) in [6.07, 6.45) is 9.24. The van der Waals surface area contributed by atoms with Crippen LogP contribution in [0, 0.1) is 5.82 Å². The maximum absolute atomic E-state index is 13.3. The van der Waals surface area contributed by atoms with Crippen molar-refractivity contribution in [2.45, 2.75) is 45.4 Å². The molecule has 0 saturated heterocycles. The highest BCUT2D eigenvalue weighted by Gasteiger charge is 2.11. The van der Waals surface area contributed by atoms with E-state index < -0.39 is 0 Å². The van der Waals surface area contributed by atoms with Crippen molar-refractivity contribution in [2.75, 3.05) is 0 Å². The van der Waals surface area contributed by atoms with Crippen LogP contribution in [-0.4, -0.2) is 0 Å². The SMILES string of the molecule is CCCc1ccc(F)cc1C1=CCCCC1. The van der Waals surface area contributed by atoms with Crippen LogP contribution in [0.1, 0.15) is 50.2 Å². The first-order valence-electron chi connectivity index (χ1n) is 6.29. The third-order valence-electron chi connectivity index (χ3n) is 3.23. The highest BCUT2D eigenvalue weighted by atomic mass is 19.1. The van der Waals surface area contributed by atoms with E-state index in [1.54, 1.807) is 12.1 Å². The molecule has 0 spiro atoms. The molecule has 0 nitrogen and oxygen atoms in total. The Morgan fingerprint density at radius 1 is 1.25 bits per heavy atom. The summed E-state index contributed by atoms with van der Waals surface area (Å²) in [5, 5.41) is 0. The molecule has 0 amide bonds. The van der Waals surface area contributed by atoms with Gasteiger partial charge in [0, 0.05) is 0 Å². The zero-order valence-electron chi connectivity index (χ0n) is 9.93. The lowest BCUT2D eigenvalue weighted by atomic mass is 9.89. The number of halogens is 1. The molecule has 0 N–H and O–H groups in total. The van der Waals surface area contributed by atoms with Crippen molar-refractivity contribution in [1.29, 1.82) is 0 Å². The van der Waals surface area contributed by atoms with Gasteiger partial charge in [-0.3, -0.25) is 0 Å². The molecule has 0 atom stereocenters. The van der Waals surface area contributed by atoms with E-state index in [1.807, 2.05) is 6.07 Å². The molecular weight excluding hydrogens is 199 g/mol. The maximum atomic E-state index is 13.3. The van der Waals surface area contributed by atoms with Crippen LogP contribution >= 0.6 is 0 Å². The number of benzene rings is 1. The average Bonchev–Trinajstić information content (AvgIpc) is 2.33. The van der Waals surface area contributed by atoms with Crippen molar-refractivity contribution in [3.63, 3.8) is 0 Å². The summed E-state index contributed by atoms with van der Waals surface area (Å²) in [7, 11) is 0. The molecule has 1 aromatic carbocycles. The molecule has 0 unspecified atom stereocenters. The number of aryl methyl sites for hydroxylation is 1. The fraction of sp³-hybridized carbons (Fsp3) is 0.467. The first-order chi connectivity index (χ1) is 7.81. The van der Waals surface area contributed by atoms with Gasteiger partial charge in [0.25, 0.3) is 0 Å². The molecule has 0 aromatic heterocycles. The van der Waals surface area contributed by atoms with Gasteiger partial charge in [0.2, 0.25) is 0 Å². The molecule has 2 rings (SSSR count). The van der Waals surface area contributed by atoms with Crippen molar-refractivity contribution >= 4 is 5.57 Å². The predicted octanol–water partition coefficient (Wildman–Crippen LogP) is 4.74. The second kappa shape index (κ2) is 5.29. The Kier molecular flexibility index (Phi) is 3.76.